The first kappa shape index (κ1) is 17.1. The van der Waals surface area contributed by atoms with Gasteiger partial charge in [-0.05, 0) is 11.5 Å². The normalized spacial score (nSPS) is 14.6. The molecule has 0 aliphatic carbocycles. The van der Waals surface area contributed by atoms with Crippen molar-refractivity contribution < 1.29 is 9.59 Å². The van der Waals surface area contributed by atoms with Crippen molar-refractivity contribution in [3.8, 4) is 0 Å². The highest BCUT2D eigenvalue weighted by Crippen LogP contribution is 2.33. The highest BCUT2D eigenvalue weighted by molar-refractivity contribution is 6.07. The Balaban J connectivity index is 5.64. The van der Waals surface area contributed by atoms with E-state index in [2.05, 4.69) is 0 Å². The van der Waals surface area contributed by atoms with Gasteiger partial charge in [-0.25, -0.2) is 0 Å². The molecule has 0 atom stereocenters. The molecule has 0 heterocycles. The van der Waals surface area contributed by atoms with Crippen molar-refractivity contribution in [2.24, 2.45) is 16.2 Å². The highest BCUT2D eigenvalue weighted by atomic mass is 16.1. The lowest BCUT2D eigenvalue weighted by molar-refractivity contribution is -0.125. The molecule has 2 nitrogen and oxygen atoms in total. The molecule has 0 unspecified atom stereocenters. The quantitative estimate of drug-likeness (QED) is 0.691. The molecule has 0 radical (unpaired) electrons. The van der Waals surface area contributed by atoms with Gasteiger partial charge in [-0.1, -0.05) is 62.3 Å². The topological polar surface area (TPSA) is 34.1 Å². The van der Waals surface area contributed by atoms with Gasteiger partial charge in [0.15, 0.2) is 11.6 Å². The second kappa shape index (κ2) is 4.99. The van der Waals surface area contributed by atoms with Crippen molar-refractivity contribution in [1.82, 2.24) is 0 Å². The van der Waals surface area contributed by atoms with Crippen molar-refractivity contribution in [2.75, 3.05) is 0 Å². The van der Waals surface area contributed by atoms with E-state index in [4.69, 9.17) is 0 Å². The van der Waals surface area contributed by atoms with Gasteiger partial charge in [0.1, 0.15) is 0 Å². The van der Waals surface area contributed by atoms with Crippen molar-refractivity contribution in [2.45, 2.75) is 62.3 Å². The molecule has 2 heteroatoms. The molecule has 0 amide bonds. The lowest BCUT2D eigenvalue weighted by Gasteiger charge is -2.28. The molecule has 0 bridgehead atoms. The van der Waals surface area contributed by atoms with E-state index in [1.807, 2.05) is 62.3 Å². The number of allylic oxidation sites excluding steroid dienone is 2. The molecule has 0 saturated carbocycles. The summed E-state index contributed by atoms with van der Waals surface area (Å²) in [5.41, 5.74) is -0.605. The average Bonchev–Trinajstić information content (AvgIpc) is 2.07. The zero-order chi connectivity index (χ0) is 14.9. The first-order valence-electron chi connectivity index (χ1n) is 6.49. The molecule has 0 N–H and O–H groups in total. The van der Waals surface area contributed by atoms with Crippen LogP contribution in [-0.2, 0) is 9.59 Å². The first-order valence-corrected chi connectivity index (χ1v) is 6.49. The Morgan fingerprint density at radius 2 is 1.06 bits per heavy atom. The average molecular weight is 252 g/mol. The van der Waals surface area contributed by atoms with Gasteiger partial charge in [0.05, 0.1) is 0 Å². The van der Waals surface area contributed by atoms with Gasteiger partial charge in [0.2, 0.25) is 0 Å². The largest absolute Gasteiger partial charge is 0.294 e. The smallest absolute Gasteiger partial charge is 0.164 e. The molecule has 0 saturated heterocycles. The van der Waals surface area contributed by atoms with Gasteiger partial charge in [0.25, 0.3) is 0 Å². The first-order chi connectivity index (χ1) is 7.67. The molecule has 0 aromatic heterocycles. The monoisotopic (exact) mass is 252 g/mol. The fourth-order valence-corrected chi connectivity index (χ4v) is 1.37. The zero-order valence-corrected chi connectivity index (χ0v) is 13.4. The molecule has 0 aliphatic rings. The lowest BCUT2D eigenvalue weighted by Crippen LogP contribution is -2.30. The summed E-state index contributed by atoms with van der Waals surface area (Å²) in [5.74, 6) is 0.0534. The van der Waals surface area contributed by atoms with E-state index in [-0.39, 0.29) is 17.0 Å². The summed E-state index contributed by atoms with van der Waals surface area (Å²) in [6, 6.07) is 0. The van der Waals surface area contributed by atoms with Crippen LogP contribution >= 0.6 is 0 Å². The van der Waals surface area contributed by atoms with E-state index in [9.17, 15) is 9.59 Å². The van der Waals surface area contributed by atoms with Gasteiger partial charge < -0.3 is 0 Å². The third kappa shape index (κ3) is 4.75. The molecular formula is C16H28O2. The number of carbonyl (C=O) groups is 2. The SMILES string of the molecule is CC(C)(C)C(=O)C=C(C(=O)C(C)(C)C)C(C)(C)C. The maximum atomic E-state index is 12.5. The number of carbonyl (C=O) groups excluding carboxylic acids is 2. The number of rotatable bonds is 2. The predicted molar refractivity (Wildman–Crippen MR) is 76.5 cm³/mol. The lowest BCUT2D eigenvalue weighted by atomic mass is 9.74. The molecule has 18 heavy (non-hydrogen) atoms. The molecule has 0 fully saturated rings. The Labute approximate surface area is 112 Å². The van der Waals surface area contributed by atoms with Crippen LogP contribution in [0, 0.1) is 16.2 Å². The van der Waals surface area contributed by atoms with Crippen LogP contribution in [0.3, 0.4) is 0 Å². The summed E-state index contributed by atoms with van der Waals surface area (Å²) in [6.07, 6.45) is 1.55. The minimum atomic E-state index is -0.461. The minimum absolute atomic E-state index is 0.00465. The van der Waals surface area contributed by atoms with E-state index in [1.165, 1.54) is 0 Å². The number of ketones is 2. The number of hydrogen-bond donors (Lipinski definition) is 0. The Morgan fingerprint density at radius 3 is 1.28 bits per heavy atom. The van der Waals surface area contributed by atoms with Crippen LogP contribution in [0.2, 0.25) is 0 Å². The minimum Gasteiger partial charge on any atom is -0.294 e. The summed E-state index contributed by atoms with van der Waals surface area (Å²) in [6.45, 7) is 17.2. The van der Waals surface area contributed by atoms with E-state index >= 15 is 0 Å². The summed E-state index contributed by atoms with van der Waals surface area (Å²) in [4.78, 5) is 24.6. The summed E-state index contributed by atoms with van der Waals surface area (Å²) < 4.78 is 0. The van der Waals surface area contributed by atoms with Crippen molar-refractivity contribution in [3.05, 3.63) is 11.6 Å². The third-order valence-electron chi connectivity index (χ3n) is 2.75. The van der Waals surface area contributed by atoms with E-state index in [0.717, 1.165) is 0 Å². The second-order valence-corrected chi connectivity index (χ2v) is 8.00. The molecule has 0 aliphatic heterocycles. The predicted octanol–water partition coefficient (Wildman–Crippen LogP) is 4.19. The molecular weight excluding hydrogens is 224 g/mol. The fraction of sp³-hybridized carbons (Fsp3) is 0.750. The van der Waals surface area contributed by atoms with Crippen LogP contribution in [0.15, 0.2) is 11.6 Å². The van der Waals surface area contributed by atoms with Crippen LogP contribution in [-0.4, -0.2) is 11.6 Å². The van der Waals surface area contributed by atoms with Gasteiger partial charge >= 0.3 is 0 Å². The Bertz CT molecular complexity index is 365. The fourth-order valence-electron chi connectivity index (χ4n) is 1.37. The molecule has 0 aromatic rings. The van der Waals surface area contributed by atoms with Crippen LogP contribution in [0.5, 0.6) is 0 Å². The van der Waals surface area contributed by atoms with E-state index < -0.39 is 10.8 Å². The van der Waals surface area contributed by atoms with Gasteiger partial charge in [-0.15, -0.1) is 0 Å². The third-order valence-corrected chi connectivity index (χ3v) is 2.75. The van der Waals surface area contributed by atoms with Crippen molar-refractivity contribution >= 4 is 11.6 Å². The maximum Gasteiger partial charge on any atom is 0.164 e. The van der Waals surface area contributed by atoms with Crippen molar-refractivity contribution in [3.63, 3.8) is 0 Å². The number of hydrogen-bond acceptors (Lipinski definition) is 2. The Kier molecular flexibility index (Phi) is 4.73. The van der Waals surface area contributed by atoms with Crippen LogP contribution in [0.1, 0.15) is 62.3 Å². The Hall–Kier alpha value is -0.920. The van der Waals surface area contributed by atoms with Crippen LogP contribution in [0.4, 0.5) is 0 Å². The van der Waals surface area contributed by atoms with Gasteiger partial charge in [-0.3, -0.25) is 9.59 Å². The van der Waals surface area contributed by atoms with E-state index in [1.54, 1.807) is 6.08 Å². The van der Waals surface area contributed by atoms with Gasteiger partial charge in [-0.2, -0.15) is 0 Å². The Morgan fingerprint density at radius 1 is 0.667 bits per heavy atom. The maximum absolute atomic E-state index is 12.5. The zero-order valence-electron chi connectivity index (χ0n) is 13.4. The summed E-state index contributed by atoms with van der Waals surface area (Å²) >= 11 is 0. The summed E-state index contributed by atoms with van der Waals surface area (Å²) in [7, 11) is 0. The number of Topliss-reactive ketones (excluding diaryl/α,β-unsaturated/α-hetero) is 1. The molecule has 0 aromatic carbocycles. The molecule has 104 valence electrons. The standard InChI is InChI=1S/C16H28O2/c1-14(2,3)11(13(18)16(7,8)9)10-12(17)15(4,5)6/h10H,1-9H3. The van der Waals surface area contributed by atoms with E-state index in [0.29, 0.717) is 5.57 Å². The summed E-state index contributed by atoms with van der Waals surface area (Å²) in [5, 5.41) is 0. The van der Waals surface area contributed by atoms with Crippen LogP contribution < -0.4 is 0 Å². The molecule has 0 rings (SSSR count). The second-order valence-electron chi connectivity index (χ2n) is 8.00. The van der Waals surface area contributed by atoms with Crippen molar-refractivity contribution in [1.29, 1.82) is 0 Å². The van der Waals surface area contributed by atoms with Gasteiger partial charge in [0, 0.05) is 16.4 Å². The van der Waals surface area contributed by atoms with Crippen LogP contribution in [0.25, 0.3) is 0 Å². The highest BCUT2D eigenvalue weighted by Gasteiger charge is 2.33. The molecule has 0 spiro atoms.